The number of imidazole rings is 1. The smallest absolute Gasteiger partial charge is 0.231 e. The average molecular weight is 260 g/mol. The van der Waals surface area contributed by atoms with Gasteiger partial charge in [-0.05, 0) is 17.7 Å². The van der Waals surface area contributed by atoms with Gasteiger partial charge in [0.25, 0.3) is 0 Å². The Labute approximate surface area is 111 Å². The molecule has 1 atom stereocenters. The predicted molar refractivity (Wildman–Crippen MR) is 69.1 cm³/mol. The molecule has 1 unspecified atom stereocenters. The van der Waals surface area contributed by atoms with Crippen LogP contribution in [0.25, 0.3) is 0 Å². The van der Waals surface area contributed by atoms with Crippen molar-refractivity contribution < 1.29 is 14.6 Å². The van der Waals surface area contributed by atoms with Crippen molar-refractivity contribution in [3.05, 3.63) is 42.0 Å². The van der Waals surface area contributed by atoms with Gasteiger partial charge in [0.1, 0.15) is 5.82 Å². The predicted octanol–water partition coefficient (Wildman–Crippen LogP) is 1.91. The monoisotopic (exact) mass is 260 g/mol. The zero-order valence-electron chi connectivity index (χ0n) is 10.7. The molecule has 0 radical (unpaired) electrons. The van der Waals surface area contributed by atoms with Crippen LogP contribution in [0.4, 0.5) is 0 Å². The average Bonchev–Trinajstić information content (AvgIpc) is 3.05. The Kier molecular flexibility index (Phi) is 3.13. The van der Waals surface area contributed by atoms with Crippen LogP contribution >= 0.6 is 0 Å². The van der Waals surface area contributed by atoms with Crippen molar-refractivity contribution in [2.45, 2.75) is 26.0 Å². The van der Waals surface area contributed by atoms with Crippen molar-refractivity contribution in [3.63, 3.8) is 0 Å². The highest BCUT2D eigenvalue weighted by Crippen LogP contribution is 2.34. The lowest BCUT2D eigenvalue weighted by molar-refractivity contribution is 0.154. The van der Waals surface area contributed by atoms with Gasteiger partial charge < -0.3 is 19.1 Å². The lowest BCUT2D eigenvalue weighted by Gasteiger charge is -2.14. The first-order chi connectivity index (χ1) is 9.28. The minimum Gasteiger partial charge on any atom is -0.454 e. The molecule has 1 aromatic carbocycles. The van der Waals surface area contributed by atoms with Gasteiger partial charge in [0, 0.05) is 18.8 Å². The summed E-state index contributed by atoms with van der Waals surface area (Å²) in [7, 11) is 0. The van der Waals surface area contributed by atoms with Crippen LogP contribution in [0.3, 0.4) is 0 Å². The Balaban J connectivity index is 1.79. The van der Waals surface area contributed by atoms with Crippen LogP contribution in [0.2, 0.25) is 0 Å². The number of aryl methyl sites for hydroxylation is 1. The van der Waals surface area contributed by atoms with Crippen LogP contribution in [-0.4, -0.2) is 21.5 Å². The summed E-state index contributed by atoms with van der Waals surface area (Å²) in [5, 5.41) is 10.3. The summed E-state index contributed by atoms with van der Waals surface area (Å²) >= 11 is 0. The third kappa shape index (κ3) is 2.29. The number of nitrogens with zero attached hydrogens (tertiary/aromatic N) is 2. The number of rotatable bonds is 4. The molecule has 1 aliphatic heterocycles. The normalized spacial score (nSPS) is 14.6. The van der Waals surface area contributed by atoms with E-state index in [0.29, 0.717) is 12.3 Å². The Morgan fingerprint density at radius 3 is 3.05 bits per heavy atom. The molecule has 0 bridgehead atoms. The van der Waals surface area contributed by atoms with Crippen molar-refractivity contribution in [3.8, 4) is 11.5 Å². The number of aliphatic hydroxyl groups is 1. The van der Waals surface area contributed by atoms with Gasteiger partial charge in [-0.3, -0.25) is 0 Å². The molecule has 2 aromatic rings. The number of ether oxygens (including phenoxy) is 2. The van der Waals surface area contributed by atoms with Gasteiger partial charge in [-0.25, -0.2) is 4.98 Å². The third-order valence-corrected chi connectivity index (χ3v) is 3.27. The Bertz CT molecular complexity index is 580. The SMILES string of the molecule is CCc1nccn1CC(O)c1ccc2c(c1)OCO2. The zero-order valence-corrected chi connectivity index (χ0v) is 10.7. The lowest BCUT2D eigenvalue weighted by atomic mass is 10.1. The van der Waals surface area contributed by atoms with Gasteiger partial charge in [-0.15, -0.1) is 0 Å². The van der Waals surface area contributed by atoms with Crippen molar-refractivity contribution in [2.24, 2.45) is 0 Å². The molecule has 100 valence electrons. The van der Waals surface area contributed by atoms with Crippen LogP contribution in [0, 0.1) is 0 Å². The molecule has 19 heavy (non-hydrogen) atoms. The molecule has 0 spiro atoms. The molecule has 0 aliphatic carbocycles. The molecule has 3 rings (SSSR count). The Morgan fingerprint density at radius 2 is 2.21 bits per heavy atom. The van der Waals surface area contributed by atoms with Crippen LogP contribution in [0.1, 0.15) is 24.4 Å². The van der Waals surface area contributed by atoms with Crippen molar-refractivity contribution in [1.29, 1.82) is 0 Å². The largest absolute Gasteiger partial charge is 0.454 e. The topological polar surface area (TPSA) is 56.5 Å². The van der Waals surface area contributed by atoms with Crippen LogP contribution in [-0.2, 0) is 13.0 Å². The first-order valence-corrected chi connectivity index (χ1v) is 6.35. The fraction of sp³-hybridized carbons (Fsp3) is 0.357. The molecule has 2 heterocycles. The van der Waals surface area contributed by atoms with Crippen molar-refractivity contribution in [2.75, 3.05) is 6.79 Å². The van der Waals surface area contributed by atoms with E-state index in [4.69, 9.17) is 9.47 Å². The molecule has 0 saturated heterocycles. The first-order valence-electron chi connectivity index (χ1n) is 6.35. The van der Waals surface area contributed by atoms with Gasteiger partial charge in [0.05, 0.1) is 12.6 Å². The molecule has 1 aliphatic rings. The summed E-state index contributed by atoms with van der Waals surface area (Å²) in [6, 6.07) is 5.52. The second-order valence-electron chi connectivity index (χ2n) is 4.48. The van der Waals surface area contributed by atoms with Crippen molar-refractivity contribution >= 4 is 0 Å². The van der Waals surface area contributed by atoms with Gasteiger partial charge in [-0.2, -0.15) is 0 Å². The summed E-state index contributed by atoms with van der Waals surface area (Å²) in [4.78, 5) is 4.25. The first kappa shape index (κ1) is 12.0. The molecule has 0 saturated carbocycles. The van der Waals surface area contributed by atoms with E-state index in [0.717, 1.165) is 23.6 Å². The summed E-state index contributed by atoms with van der Waals surface area (Å²) in [6.45, 7) is 2.78. The maximum Gasteiger partial charge on any atom is 0.231 e. The van der Waals surface area contributed by atoms with Gasteiger partial charge >= 0.3 is 0 Å². The third-order valence-electron chi connectivity index (χ3n) is 3.27. The second kappa shape index (κ2) is 4.93. The van der Waals surface area contributed by atoms with Gasteiger partial charge in [0.15, 0.2) is 11.5 Å². The molecular weight excluding hydrogens is 244 g/mol. The van der Waals surface area contributed by atoms with Crippen LogP contribution < -0.4 is 9.47 Å². The molecular formula is C14H16N2O3. The van der Waals surface area contributed by atoms with Crippen molar-refractivity contribution in [1.82, 2.24) is 9.55 Å². The number of benzene rings is 1. The van der Waals surface area contributed by atoms with E-state index in [-0.39, 0.29) is 6.79 Å². The number of aromatic nitrogens is 2. The quantitative estimate of drug-likeness (QED) is 0.912. The summed E-state index contributed by atoms with van der Waals surface area (Å²) in [5.41, 5.74) is 0.819. The highest BCUT2D eigenvalue weighted by molar-refractivity contribution is 5.45. The van der Waals surface area contributed by atoms with E-state index in [9.17, 15) is 5.11 Å². The molecule has 1 N–H and O–H groups in total. The van der Waals surface area contributed by atoms with E-state index in [2.05, 4.69) is 4.98 Å². The molecule has 1 aromatic heterocycles. The number of hydrogen-bond acceptors (Lipinski definition) is 4. The second-order valence-corrected chi connectivity index (χ2v) is 4.48. The standard InChI is InChI=1S/C14H16N2O3/c1-2-14-15-5-6-16(14)8-11(17)10-3-4-12-13(7-10)19-9-18-12/h3-7,11,17H,2,8-9H2,1H3. The molecule has 0 fully saturated rings. The van der Waals surface area contributed by atoms with E-state index in [1.807, 2.05) is 35.9 Å². The van der Waals surface area contributed by atoms with E-state index < -0.39 is 6.10 Å². The summed E-state index contributed by atoms with van der Waals surface area (Å²) in [6.07, 6.45) is 3.90. The Hall–Kier alpha value is -2.01. The van der Waals surface area contributed by atoms with E-state index in [1.165, 1.54) is 0 Å². The molecule has 5 nitrogen and oxygen atoms in total. The lowest BCUT2D eigenvalue weighted by Crippen LogP contribution is -2.10. The van der Waals surface area contributed by atoms with Gasteiger partial charge in [0.2, 0.25) is 6.79 Å². The number of fused-ring (bicyclic) bond motifs is 1. The highest BCUT2D eigenvalue weighted by atomic mass is 16.7. The summed E-state index contributed by atoms with van der Waals surface area (Å²) < 4.78 is 12.5. The fourth-order valence-corrected chi connectivity index (χ4v) is 2.23. The van der Waals surface area contributed by atoms with Crippen LogP contribution in [0.5, 0.6) is 11.5 Å². The van der Waals surface area contributed by atoms with Crippen LogP contribution in [0.15, 0.2) is 30.6 Å². The van der Waals surface area contributed by atoms with E-state index in [1.54, 1.807) is 6.20 Å². The number of aliphatic hydroxyl groups excluding tert-OH is 1. The minimum atomic E-state index is -0.589. The maximum absolute atomic E-state index is 10.3. The molecule has 5 heteroatoms. The Morgan fingerprint density at radius 1 is 1.37 bits per heavy atom. The molecule has 0 amide bonds. The fourth-order valence-electron chi connectivity index (χ4n) is 2.23. The minimum absolute atomic E-state index is 0.246. The number of hydrogen-bond donors (Lipinski definition) is 1. The highest BCUT2D eigenvalue weighted by Gasteiger charge is 2.17. The maximum atomic E-state index is 10.3. The summed E-state index contributed by atoms with van der Waals surface area (Å²) in [5.74, 6) is 2.39. The zero-order chi connectivity index (χ0) is 13.2. The van der Waals surface area contributed by atoms with E-state index >= 15 is 0 Å². The van der Waals surface area contributed by atoms with Gasteiger partial charge in [-0.1, -0.05) is 13.0 Å².